The smallest absolute Gasteiger partial charge is 0.169 e. The molecule has 0 saturated heterocycles. The van der Waals surface area contributed by atoms with Crippen LogP contribution in [-0.4, -0.2) is 25.9 Å². The van der Waals surface area contributed by atoms with E-state index >= 15 is 0 Å². The topological polar surface area (TPSA) is 64.7 Å². The highest BCUT2D eigenvalue weighted by Crippen LogP contribution is 2.43. The summed E-state index contributed by atoms with van der Waals surface area (Å²) in [5.74, 6) is -0.612. The maximum Gasteiger partial charge on any atom is 0.169 e. The second-order valence-corrected chi connectivity index (χ2v) is 3.83. The SMILES string of the molecule is COc1cc(F)c(O)c(C(C)CCN)c1OC. The first-order valence-corrected chi connectivity index (χ1v) is 5.40. The summed E-state index contributed by atoms with van der Waals surface area (Å²) < 4.78 is 23.7. The fraction of sp³-hybridized carbons (Fsp3) is 0.500. The highest BCUT2D eigenvalue weighted by atomic mass is 19.1. The first-order valence-electron chi connectivity index (χ1n) is 5.40. The molecule has 96 valence electrons. The number of rotatable bonds is 5. The zero-order valence-corrected chi connectivity index (χ0v) is 10.3. The van der Waals surface area contributed by atoms with Gasteiger partial charge in [-0.05, 0) is 18.9 Å². The van der Waals surface area contributed by atoms with Crippen molar-refractivity contribution in [1.82, 2.24) is 0 Å². The van der Waals surface area contributed by atoms with Crippen LogP contribution in [0.2, 0.25) is 0 Å². The number of phenolic OH excluding ortho intramolecular Hbond substituents is 1. The Morgan fingerprint density at radius 1 is 1.41 bits per heavy atom. The molecule has 0 amide bonds. The summed E-state index contributed by atoms with van der Waals surface area (Å²) in [4.78, 5) is 0. The van der Waals surface area contributed by atoms with Crippen LogP contribution in [0.25, 0.3) is 0 Å². The molecule has 0 radical (unpaired) electrons. The van der Waals surface area contributed by atoms with Gasteiger partial charge in [-0.15, -0.1) is 0 Å². The van der Waals surface area contributed by atoms with E-state index in [0.29, 0.717) is 24.3 Å². The van der Waals surface area contributed by atoms with E-state index in [-0.39, 0.29) is 11.7 Å². The van der Waals surface area contributed by atoms with Gasteiger partial charge in [0.25, 0.3) is 0 Å². The first kappa shape index (κ1) is 13.6. The Kier molecular flexibility index (Phi) is 4.57. The third-order valence-corrected chi connectivity index (χ3v) is 2.72. The molecule has 1 rings (SSSR count). The summed E-state index contributed by atoms with van der Waals surface area (Å²) in [6, 6.07) is 1.10. The number of aromatic hydroxyl groups is 1. The fourth-order valence-electron chi connectivity index (χ4n) is 1.83. The second-order valence-electron chi connectivity index (χ2n) is 3.83. The van der Waals surface area contributed by atoms with Crippen LogP contribution in [-0.2, 0) is 0 Å². The molecule has 0 heterocycles. The van der Waals surface area contributed by atoms with E-state index in [1.165, 1.54) is 14.2 Å². The van der Waals surface area contributed by atoms with Gasteiger partial charge in [-0.1, -0.05) is 6.92 Å². The summed E-state index contributed by atoms with van der Waals surface area (Å²) in [5.41, 5.74) is 5.87. The number of nitrogens with two attached hydrogens (primary N) is 1. The Morgan fingerprint density at radius 3 is 2.53 bits per heavy atom. The maximum atomic E-state index is 13.5. The Labute approximate surface area is 100 Å². The standard InChI is InChI=1S/C12H18FNO3/c1-7(4-5-14)10-11(15)8(13)6-9(16-2)12(10)17-3/h6-7,15H,4-5,14H2,1-3H3. The van der Waals surface area contributed by atoms with Gasteiger partial charge >= 0.3 is 0 Å². The molecule has 0 aromatic heterocycles. The van der Waals surface area contributed by atoms with Gasteiger partial charge in [0.15, 0.2) is 23.1 Å². The van der Waals surface area contributed by atoms with Gasteiger partial charge in [0.05, 0.1) is 14.2 Å². The molecule has 0 aliphatic rings. The van der Waals surface area contributed by atoms with Crippen LogP contribution in [0.15, 0.2) is 6.07 Å². The zero-order chi connectivity index (χ0) is 13.0. The van der Waals surface area contributed by atoms with Crippen molar-refractivity contribution in [2.75, 3.05) is 20.8 Å². The van der Waals surface area contributed by atoms with Gasteiger partial charge in [-0.25, -0.2) is 4.39 Å². The largest absolute Gasteiger partial charge is 0.505 e. The maximum absolute atomic E-state index is 13.5. The van der Waals surface area contributed by atoms with E-state index in [1.54, 1.807) is 0 Å². The van der Waals surface area contributed by atoms with Gasteiger partial charge in [0.2, 0.25) is 0 Å². The summed E-state index contributed by atoms with van der Waals surface area (Å²) >= 11 is 0. The zero-order valence-electron chi connectivity index (χ0n) is 10.3. The average Bonchev–Trinajstić information content (AvgIpc) is 2.31. The molecule has 0 aliphatic heterocycles. The molecule has 17 heavy (non-hydrogen) atoms. The normalized spacial score (nSPS) is 12.3. The van der Waals surface area contributed by atoms with Gasteiger partial charge in [-0.2, -0.15) is 0 Å². The van der Waals surface area contributed by atoms with Crippen LogP contribution >= 0.6 is 0 Å². The fourth-order valence-corrected chi connectivity index (χ4v) is 1.83. The molecule has 3 N–H and O–H groups in total. The Bertz CT molecular complexity index is 396. The molecule has 0 saturated carbocycles. The molecule has 0 bridgehead atoms. The van der Waals surface area contributed by atoms with Gasteiger partial charge in [0.1, 0.15) is 0 Å². The summed E-state index contributed by atoms with van der Waals surface area (Å²) in [7, 11) is 2.87. The minimum atomic E-state index is -0.721. The number of phenols is 1. The van der Waals surface area contributed by atoms with Crippen LogP contribution < -0.4 is 15.2 Å². The second kappa shape index (κ2) is 5.72. The number of ether oxygens (including phenoxy) is 2. The molecule has 1 atom stereocenters. The van der Waals surface area contributed by atoms with E-state index in [0.717, 1.165) is 6.07 Å². The molecule has 4 nitrogen and oxygen atoms in total. The van der Waals surface area contributed by atoms with Crippen molar-refractivity contribution in [1.29, 1.82) is 0 Å². The molecule has 1 aromatic carbocycles. The average molecular weight is 243 g/mol. The van der Waals surface area contributed by atoms with Crippen LogP contribution in [0.3, 0.4) is 0 Å². The monoisotopic (exact) mass is 243 g/mol. The lowest BCUT2D eigenvalue weighted by Crippen LogP contribution is -2.07. The van der Waals surface area contributed by atoms with Crippen molar-refractivity contribution in [3.05, 3.63) is 17.4 Å². The lowest BCUT2D eigenvalue weighted by atomic mass is 9.95. The van der Waals surface area contributed by atoms with Gasteiger partial charge < -0.3 is 20.3 Å². The van der Waals surface area contributed by atoms with Crippen LogP contribution in [0.1, 0.15) is 24.8 Å². The molecule has 0 fully saturated rings. The van der Waals surface area contributed by atoms with Crippen LogP contribution in [0.5, 0.6) is 17.2 Å². The number of halogens is 1. The van der Waals surface area contributed by atoms with E-state index in [1.807, 2.05) is 6.92 Å². The lowest BCUT2D eigenvalue weighted by molar-refractivity contribution is 0.335. The van der Waals surface area contributed by atoms with Crippen molar-refractivity contribution < 1.29 is 19.0 Å². The summed E-state index contributed by atoms with van der Waals surface area (Å²) in [5, 5.41) is 9.78. The molecular formula is C12H18FNO3. The summed E-state index contributed by atoms with van der Waals surface area (Å²) in [6.45, 7) is 2.30. The van der Waals surface area contributed by atoms with E-state index in [4.69, 9.17) is 15.2 Å². The highest BCUT2D eigenvalue weighted by molar-refractivity contribution is 5.55. The molecule has 0 aliphatic carbocycles. The molecule has 5 heteroatoms. The summed E-state index contributed by atoms with van der Waals surface area (Å²) in [6.07, 6.45) is 0.622. The Morgan fingerprint density at radius 2 is 2.06 bits per heavy atom. The van der Waals surface area contributed by atoms with Crippen molar-refractivity contribution in [2.24, 2.45) is 5.73 Å². The predicted molar refractivity (Wildman–Crippen MR) is 63.3 cm³/mol. The molecular weight excluding hydrogens is 225 g/mol. The van der Waals surface area contributed by atoms with E-state index < -0.39 is 11.6 Å². The van der Waals surface area contributed by atoms with Crippen molar-refractivity contribution in [3.63, 3.8) is 0 Å². The molecule has 1 aromatic rings. The molecule has 0 spiro atoms. The minimum absolute atomic E-state index is 0.112. The number of hydrogen-bond acceptors (Lipinski definition) is 4. The lowest BCUT2D eigenvalue weighted by Gasteiger charge is -2.19. The number of benzene rings is 1. The van der Waals surface area contributed by atoms with Crippen LogP contribution in [0, 0.1) is 5.82 Å². The third-order valence-electron chi connectivity index (χ3n) is 2.72. The Hall–Kier alpha value is -1.49. The molecule has 1 unspecified atom stereocenters. The first-order chi connectivity index (χ1) is 8.06. The van der Waals surface area contributed by atoms with E-state index in [9.17, 15) is 9.50 Å². The minimum Gasteiger partial charge on any atom is -0.505 e. The van der Waals surface area contributed by atoms with Gasteiger partial charge in [0, 0.05) is 11.6 Å². The van der Waals surface area contributed by atoms with Crippen molar-refractivity contribution in [2.45, 2.75) is 19.3 Å². The van der Waals surface area contributed by atoms with Crippen molar-refractivity contribution in [3.8, 4) is 17.2 Å². The predicted octanol–water partition coefficient (Wildman–Crippen LogP) is 2.00. The number of hydrogen-bond donors (Lipinski definition) is 2. The van der Waals surface area contributed by atoms with Crippen molar-refractivity contribution >= 4 is 0 Å². The van der Waals surface area contributed by atoms with E-state index in [2.05, 4.69) is 0 Å². The third kappa shape index (κ3) is 2.61. The Balaban J connectivity index is 3.37. The number of methoxy groups -OCH3 is 2. The highest BCUT2D eigenvalue weighted by Gasteiger charge is 2.23. The quantitative estimate of drug-likeness (QED) is 0.830. The van der Waals surface area contributed by atoms with Crippen LogP contribution in [0.4, 0.5) is 4.39 Å². The van der Waals surface area contributed by atoms with Gasteiger partial charge in [-0.3, -0.25) is 0 Å².